The zero-order chi connectivity index (χ0) is 22.5. The van der Waals surface area contributed by atoms with Gasteiger partial charge in [-0.15, -0.1) is 21.5 Å². The first-order chi connectivity index (χ1) is 15.6. The first-order valence-corrected chi connectivity index (χ1v) is 12.7. The minimum Gasteiger partial charge on any atom is -0.495 e. The van der Waals surface area contributed by atoms with Gasteiger partial charge < -0.3 is 14.8 Å². The molecule has 7 nitrogen and oxygen atoms in total. The Hall–Kier alpha value is -2.07. The third-order valence-electron chi connectivity index (χ3n) is 5.16. The van der Waals surface area contributed by atoms with Gasteiger partial charge in [-0.1, -0.05) is 30.3 Å². The van der Waals surface area contributed by atoms with Crippen LogP contribution in [0.25, 0.3) is 11.4 Å². The van der Waals surface area contributed by atoms with E-state index in [1.807, 2.05) is 0 Å². The fourth-order valence-corrected chi connectivity index (χ4v) is 5.28. The lowest BCUT2D eigenvalue weighted by Gasteiger charge is -2.14. The molecule has 10 heteroatoms. The Labute approximate surface area is 200 Å². The van der Waals surface area contributed by atoms with E-state index in [2.05, 4.69) is 38.5 Å². The molecule has 1 saturated heterocycles. The molecule has 1 aliphatic rings. The highest BCUT2D eigenvalue weighted by Crippen LogP contribution is 2.31. The second-order valence-electron chi connectivity index (χ2n) is 7.39. The van der Waals surface area contributed by atoms with Gasteiger partial charge in [0.15, 0.2) is 11.0 Å². The Kier molecular flexibility index (Phi) is 7.72. The molecule has 1 fully saturated rings. The summed E-state index contributed by atoms with van der Waals surface area (Å²) in [5, 5.41) is 15.1. The predicted octanol–water partition coefficient (Wildman–Crippen LogP) is 5.14. The zero-order valence-electron chi connectivity index (χ0n) is 18.0. The standard InChI is InChI=1S/C22H25ClN4O3S2/c1-3-17-9-14(12-31-17)21-25-26-22(27(21)11-16-5-4-8-30-16)32-13-20(28)24-18-10-15(23)6-7-19(18)29-2/h6-7,9-10,12,16H,3-5,8,11,13H2,1-2H3,(H,24,28). The Morgan fingerprint density at radius 1 is 1.41 bits per heavy atom. The first-order valence-electron chi connectivity index (χ1n) is 10.5. The summed E-state index contributed by atoms with van der Waals surface area (Å²) in [5.74, 6) is 1.38. The number of halogens is 1. The van der Waals surface area contributed by atoms with Crippen LogP contribution in [0, 0.1) is 0 Å². The van der Waals surface area contributed by atoms with Gasteiger partial charge >= 0.3 is 0 Å². The molecule has 1 aromatic carbocycles. The summed E-state index contributed by atoms with van der Waals surface area (Å²) in [7, 11) is 1.55. The molecule has 1 aliphatic heterocycles. The number of carbonyl (C=O) groups excluding carboxylic acids is 1. The van der Waals surface area contributed by atoms with Crippen molar-refractivity contribution in [2.24, 2.45) is 0 Å². The Morgan fingerprint density at radius 2 is 2.28 bits per heavy atom. The highest BCUT2D eigenvalue weighted by molar-refractivity contribution is 7.99. The fraction of sp³-hybridized carbons (Fsp3) is 0.409. The predicted molar refractivity (Wildman–Crippen MR) is 129 cm³/mol. The monoisotopic (exact) mass is 492 g/mol. The number of anilines is 1. The van der Waals surface area contributed by atoms with Crippen LogP contribution in [0.1, 0.15) is 24.6 Å². The van der Waals surface area contributed by atoms with Crippen molar-refractivity contribution in [1.29, 1.82) is 0 Å². The van der Waals surface area contributed by atoms with Crippen molar-refractivity contribution in [3.8, 4) is 17.1 Å². The van der Waals surface area contributed by atoms with E-state index in [1.54, 1.807) is 36.6 Å². The molecule has 1 N–H and O–H groups in total. The molecule has 0 bridgehead atoms. The molecule has 0 aliphatic carbocycles. The molecule has 3 heterocycles. The largest absolute Gasteiger partial charge is 0.495 e. The second-order valence-corrected chi connectivity index (χ2v) is 9.76. The van der Waals surface area contributed by atoms with Gasteiger partial charge in [0.1, 0.15) is 5.75 Å². The number of nitrogens with one attached hydrogen (secondary N) is 1. The number of hydrogen-bond acceptors (Lipinski definition) is 7. The number of nitrogens with zero attached hydrogens (tertiary/aromatic N) is 3. The number of amides is 1. The van der Waals surface area contributed by atoms with E-state index in [9.17, 15) is 4.79 Å². The lowest BCUT2D eigenvalue weighted by molar-refractivity contribution is -0.113. The summed E-state index contributed by atoms with van der Waals surface area (Å²) in [6.07, 6.45) is 3.20. The molecule has 170 valence electrons. The van der Waals surface area contributed by atoms with Crippen molar-refractivity contribution in [1.82, 2.24) is 14.8 Å². The lowest BCUT2D eigenvalue weighted by Crippen LogP contribution is -2.18. The Balaban J connectivity index is 1.50. The molecule has 32 heavy (non-hydrogen) atoms. The smallest absolute Gasteiger partial charge is 0.234 e. The van der Waals surface area contributed by atoms with Crippen LogP contribution < -0.4 is 10.1 Å². The van der Waals surface area contributed by atoms with E-state index >= 15 is 0 Å². The van der Waals surface area contributed by atoms with Crippen molar-refractivity contribution in [2.45, 2.75) is 44.0 Å². The molecule has 0 spiro atoms. The van der Waals surface area contributed by atoms with Crippen molar-refractivity contribution < 1.29 is 14.3 Å². The van der Waals surface area contributed by atoms with Crippen LogP contribution in [0.15, 0.2) is 34.8 Å². The van der Waals surface area contributed by atoms with Crippen LogP contribution in [0.4, 0.5) is 5.69 Å². The summed E-state index contributed by atoms with van der Waals surface area (Å²) >= 11 is 9.14. The molecule has 1 unspecified atom stereocenters. The van der Waals surface area contributed by atoms with Crippen LogP contribution in [0.5, 0.6) is 5.75 Å². The maximum absolute atomic E-state index is 12.6. The van der Waals surface area contributed by atoms with Crippen LogP contribution in [0.2, 0.25) is 5.02 Å². The summed E-state index contributed by atoms with van der Waals surface area (Å²) in [6, 6.07) is 7.27. The van der Waals surface area contributed by atoms with Gasteiger partial charge in [-0.3, -0.25) is 9.36 Å². The van der Waals surface area contributed by atoms with Crippen LogP contribution in [0.3, 0.4) is 0 Å². The fourth-order valence-electron chi connectivity index (χ4n) is 3.54. The SMILES string of the molecule is CCc1cc(-c2nnc(SCC(=O)Nc3cc(Cl)ccc3OC)n2CC2CCCO2)cs1. The number of carbonyl (C=O) groups is 1. The third-order valence-corrected chi connectivity index (χ3v) is 7.44. The average molecular weight is 493 g/mol. The van der Waals surface area contributed by atoms with E-state index in [4.69, 9.17) is 21.1 Å². The van der Waals surface area contributed by atoms with Gasteiger partial charge in [-0.25, -0.2) is 0 Å². The summed E-state index contributed by atoms with van der Waals surface area (Å²) in [6.45, 7) is 3.60. The Morgan fingerprint density at radius 3 is 3.00 bits per heavy atom. The molecular formula is C22H25ClN4O3S2. The van der Waals surface area contributed by atoms with Crippen molar-refractivity contribution >= 4 is 46.3 Å². The number of ether oxygens (including phenoxy) is 2. The average Bonchev–Trinajstić information content (AvgIpc) is 3.54. The Bertz CT molecular complexity index is 1080. The maximum Gasteiger partial charge on any atom is 0.234 e. The van der Waals surface area contributed by atoms with E-state index in [0.717, 1.165) is 37.3 Å². The molecule has 4 rings (SSSR count). The van der Waals surface area contributed by atoms with Gasteiger partial charge in [0, 0.05) is 27.5 Å². The van der Waals surface area contributed by atoms with E-state index in [1.165, 1.54) is 16.6 Å². The maximum atomic E-state index is 12.6. The first kappa shape index (κ1) is 23.1. The van der Waals surface area contributed by atoms with Crippen molar-refractivity contribution in [3.63, 3.8) is 0 Å². The van der Waals surface area contributed by atoms with E-state index in [0.29, 0.717) is 28.2 Å². The normalized spacial score (nSPS) is 15.8. The number of benzene rings is 1. The molecule has 0 saturated carbocycles. The summed E-state index contributed by atoms with van der Waals surface area (Å²) < 4.78 is 13.2. The van der Waals surface area contributed by atoms with Crippen LogP contribution in [-0.4, -0.2) is 46.2 Å². The molecule has 0 radical (unpaired) electrons. The molecular weight excluding hydrogens is 468 g/mol. The van der Waals surface area contributed by atoms with E-state index in [-0.39, 0.29) is 17.8 Å². The van der Waals surface area contributed by atoms with Gasteiger partial charge in [0.25, 0.3) is 0 Å². The topological polar surface area (TPSA) is 78.3 Å². The number of thioether (sulfide) groups is 1. The lowest BCUT2D eigenvalue weighted by atomic mass is 10.2. The molecule has 1 amide bonds. The number of aromatic nitrogens is 3. The minimum absolute atomic E-state index is 0.137. The van der Waals surface area contributed by atoms with E-state index < -0.39 is 0 Å². The number of hydrogen-bond donors (Lipinski definition) is 1. The number of thiophene rings is 1. The van der Waals surface area contributed by atoms with Gasteiger partial charge in [-0.2, -0.15) is 0 Å². The number of rotatable bonds is 9. The summed E-state index contributed by atoms with van der Waals surface area (Å²) in [4.78, 5) is 13.9. The molecule has 2 aromatic heterocycles. The highest BCUT2D eigenvalue weighted by Gasteiger charge is 2.23. The number of aryl methyl sites for hydroxylation is 1. The summed E-state index contributed by atoms with van der Waals surface area (Å²) in [5.41, 5.74) is 1.59. The van der Waals surface area contributed by atoms with Gasteiger partial charge in [0.05, 0.1) is 31.2 Å². The van der Waals surface area contributed by atoms with Crippen molar-refractivity contribution in [2.75, 3.05) is 24.8 Å². The highest BCUT2D eigenvalue weighted by atomic mass is 35.5. The van der Waals surface area contributed by atoms with Gasteiger partial charge in [0.2, 0.25) is 5.91 Å². The van der Waals surface area contributed by atoms with Crippen LogP contribution in [-0.2, 0) is 22.5 Å². The van der Waals surface area contributed by atoms with Crippen molar-refractivity contribution in [3.05, 3.63) is 39.5 Å². The van der Waals surface area contributed by atoms with Gasteiger partial charge in [-0.05, 0) is 43.5 Å². The number of methoxy groups -OCH3 is 1. The quantitative estimate of drug-likeness (QED) is 0.417. The van der Waals surface area contributed by atoms with Crippen LogP contribution >= 0.6 is 34.7 Å². The zero-order valence-corrected chi connectivity index (χ0v) is 20.4. The minimum atomic E-state index is -0.174. The second kappa shape index (κ2) is 10.7. The molecule has 3 aromatic rings. The molecule has 1 atom stereocenters. The third kappa shape index (κ3) is 5.46.